The van der Waals surface area contributed by atoms with Gasteiger partial charge in [-0.3, -0.25) is 4.90 Å². The molecule has 3 rings (SSSR count). The van der Waals surface area contributed by atoms with Gasteiger partial charge in [-0.25, -0.2) is 9.59 Å². The monoisotopic (exact) mass is 313 g/mol. The Morgan fingerprint density at radius 3 is 2.61 bits per heavy atom. The summed E-state index contributed by atoms with van der Waals surface area (Å²) in [5.41, 5.74) is 0.790. The summed E-state index contributed by atoms with van der Waals surface area (Å²) in [7, 11) is 0. The van der Waals surface area contributed by atoms with E-state index < -0.39 is 12.1 Å². The Labute approximate surface area is 132 Å². The average molecular weight is 313 g/mol. The summed E-state index contributed by atoms with van der Waals surface area (Å²) < 4.78 is 5.31. The molecule has 7 nitrogen and oxygen atoms in total. The molecule has 1 aromatic carbocycles. The number of anilines is 1. The molecule has 1 saturated carbocycles. The Morgan fingerprint density at radius 1 is 1.22 bits per heavy atom. The molecule has 1 aliphatic carbocycles. The molecule has 7 heteroatoms. The van der Waals surface area contributed by atoms with Gasteiger partial charge < -0.3 is 9.84 Å². The van der Waals surface area contributed by atoms with Crippen molar-refractivity contribution in [3.8, 4) is 0 Å². The molecule has 1 aromatic heterocycles. The lowest BCUT2D eigenvalue weighted by atomic mass is 10.2. The van der Waals surface area contributed by atoms with E-state index in [1.165, 1.54) is 17.2 Å². The van der Waals surface area contributed by atoms with Crippen molar-refractivity contribution in [3.05, 3.63) is 53.7 Å². The standard InChI is InChI=1S/C16H15N3O4/c20-15(21)13-8-9-17-18-14(13)19(12-6-7-12)16(22)23-10-11-4-2-1-3-5-11/h1-5,8-9,12H,6-7,10H2,(H,20,21). The van der Waals surface area contributed by atoms with Gasteiger partial charge in [0, 0.05) is 6.04 Å². The van der Waals surface area contributed by atoms with E-state index in [0.29, 0.717) is 0 Å². The molecule has 0 spiro atoms. The van der Waals surface area contributed by atoms with Gasteiger partial charge in [-0.15, -0.1) is 5.10 Å². The second-order valence-corrected chi connectivity index (χ2v) is 5.21. The van der Waals surface area contributed by atoms with Crippen molar-refractivity contribution in [2.45, 2.75) is 25.5 Å². The lowest BCUT2D eigenvalue weighted by molar-refractivity contribution is 0.0697. The third kappa shape index (κ3) is 3.45. The topological polar surface area (TPSA) is 92.6 Å². The highest BCUT2D eigenvalue weighted by Gasteiger charge is 2.38. The largest absolute Gasteiger partial charge is 0.478 e. The van der Waals surface area contributed by atoms with E-state index in [9.17, 15) is 14.7 Å². The lowest BCUT2D eigenvalue weighted by Crippen LogP contribution is -2.35. The maximum atomic E-state index is 12.4. The zero-order chi connectivity index (χ0) is 16.2. The molecular weight excluding hydrogens is 298 g/mol. The first-order valence-corrected chi connectivity index (χ1v) is 7.21. The maximum Gasteiger partial charge on any atom is 0.416 e. The van der Waals surface area contributed by atoms with Crippen LogP contribution in [0, 0.1) is 0 Å². The quantitative estimate of drug-likeness (QED) is 0.911. The molecule has 23 heavy (non-hydrogen) atoms. The number of nitrogens with zero attached hydrogens (tertiary/aromatic N) is 3. The molecule has 2 aromatic rings. The fraction of sp³-hybridized carbons (Fsp3) is 0.250. The van der Waals surface area contributed by atoms with Crippen LogP contribution in [0.5, 0.6) is 0 Å². The zero-order valence-electron chi connectivity index (χ0n) is 12.3. The summed E-state index contributed by atoms with van der Waals surface area (Å²) in [5.74, 6) is -1.13. The first kappa shape index (κ1) is 15.0. The highest BCUT2D eigenvalue weighted by Crippen LogP contribution is 2.32. The van der Waals surface area contributed by atoms with Crippen LogP contribution < -0.4 is 4.90 Å². The van der Waals surface area contributed by atoms with Crippen LogP contribution in [0.15, 0.2) is 42.6 Å². The van der Waals surface area contributed by atoms with Crippen molar-refractivity contribution in [2.75, 3.05) is 4.90 Å². The third-order valence-electron chi connectivity index (χ3n) is 3.47. The van der Waals surface area contributed by atoms with Crippen LogP contribution in [0.1, 0.15) is 28.8 Å². The molecule has 0 saturated heterocycles. The van der Waals surface area contributed by atoms with Crippen LogP contribution in [0.2, 0.25) is 0 Å². The number of rotatable bonds is 5. The summed E-state index contributed by atoms with van der Waals surface area (Å²) in [6.45, 7) is 0.117. The smallest absolute Gasteiger partial charge is 0.416 e. The third-order valence-corrected chi connectivity index (χ3v) is 3.47. The highest BCUT2D eigenvalue weighted by molar-refractivity contribution is 5.98. The number of carboxylic acid groups (broad SMARTS) is 1. The minimum atomic E-state index is -1.16. The maximum absolute atomic E-state index is 12.4. The Kier molecular flexibility index (Phi) is 4.18. The minimum Gasteiger partial charge on any atom is -0.478 e. The normalized spacial score (nSPS) is 13.4. The molecule has 0 aliphatic heterocycles. The average Bonchev–Trinajstić information content (AvgIpc) is 3.39. The van der Waals surface area contributed by atoms with Crippen molar-refractivity contribution < 1.29 is 19.4 Å². The first-order valence-electron chi connectivity index (χ1n) is 7.21. The number of benzene rings is 1. The number of hydrogen-bond donors (Lipinski definition) is 1. The lowest BCUT2D eigenvalue weighted by Gasteiger charge is -2.21. The van der Waals surface area contributed by atoms with Gasteiger partial charge in [0.05, 0.1) is 6.20 Å². The number of amides is 1. The van der Waals surface area contributed by atoms with E-state index in [1.54, 1.807) is 0 Å². The minimum absolute atomic E-state index is 0.0283. The Balaban J connectivity index is 1.79. The molecule has 118 valence electrons. The fourth-order valence-electron chi connectivity index (χ4n) is 2.20. The van der Waals surface area contributed by atoms with E-state index >= 15 is 0 Å². The zero-order valence-corrected chi connectivity index (χ0v) is 12.3. The number of carbonyl (C=O) groups is 2. The Morgan fingerprint density at radius 2 is 1.96 bits per heavy atom. The fourth-order valence-corrected chi connectivity index (χ4v) is 2.20. The van der Waals surface area contributed by atoms with Crippen molar-refractivity contribution in [2.24, 2.45) is 0 Å². The van der Waals surface area contributed by atoms with Crippen LogP contribution in [0.3, 0.4) is 0 Å². The van der Waals surface area contributed by atoms with Gasteiger partial charge >= 0.3 is 12.1 Å². The first-order chi connectivity index (χ1) is 11.2. The van der Waals surface area contributed by atoms with Crippen LogP contribution >= 0.6 is 0 Å². The van der Waals surface area contributed by atoms with Gasteiger partial charge in [0.2, 0.25) is 0 Å². The van der Waals surface area contributed by atoms with Gasteiger partial charge in [0.15, 0.2) is 5.82 Å². The predicted molar refractivity (Wildman–Crippen MR) is 81.1 cm³/mol. The van der Waals surface area contributed by atoms with Gasteiger partial charge in [0.1, 0.15) is 12.2 Å². The molecule has 0 radical (unpaired) electrons. The predicted octanol–water partition coefficient (Wildman–Crippen LogP) is 2.48. The number of ether oxygens (including phenoxy) is 1. The van der Waals surface area contributed by atoms with E-state index in [1.807, 2.05) is 30.3 Å². The highest BCUT2D eigenvalue weighted by atomic mass is 16.6. The number of aromatic carboxylic acids is 1. The number of hydrogen-bond acceptors (Lipinski definition) is 5. The summed E-state index contributed by atoms with van der Waals surface area (Å²) in [5, 5.41) is 16.8. The SMILES string of the molecule is O=C(O)c1ccnnc1N(C(=O)OCc1ccccc1)C1CC1. The van der Waals surface area contributed by atoms with E-state index in [0.717, 1.165) is 18.4 Å². The van der Waals surface area contributed by atoms with Crippen molar-refractivity contribution in [3.63, 3.8) is 0 Å². The second kappa shape index (κ2) is 6.43. The van der Waals surface area contributed by atoms with E-state index in [2.05, 4.69) is 10.2 Å². The van der Waals surface area contributed by atoms with Gasteiger partial charge in [0.25, 0.3) is 0 Å². The van der Waals surface area contributed by atoms with Crippen LogP contribution in [0.25, 0.3) is 0 Å². The van der Waals surface area contributed by atoms with Crippen LogP contribution in [-0.2, 0) is 11.3 Å². The number of carboxylic acids is 1. The van der Waals surface area contributed by atoms with E-state index in [-0.39, 0.29) is 24.0 Å². The Bertz CT molecular complexity index is 716. The van der Waals surface area contributed by atoms with Crippen molar-refractivity contribution >= 4 is 17.9 Å². The molecule has 0 bridgehead atoms. The molecule has 1 N–H and O–H groups in total. The van der Waals surface area contributed by atoms with Crippen molar-refractivity contribution in [1.29, 1.82) is 0 Å². The van der Waals surface area contributed by atoms with Crippen LogP contribution in [-0.4, -0.2) is 33.4 Å². The number of carbonyl (C=O) groups excluding carboxylic acids is 1. The van der Waals surface area contributed by atoms with Gasteiger partial charge in [-0.2, -0.15) is 5.10 Å². The summed E-state index contributed by atoms with van der Waals surface area (Å²) in [4.78, 5) is 25.0. The van der Waals surface area contributed by atoms with Gasteiger partial charge in [-0.1, -0.05) is 30.3 Å². The van der Waals surface area contributed by atoms with Gasteiger partial charge in [-0.05, 0) is 24.5 Å². The molecular formula is C16H15N3O4. The van der Waals surface area contributed by atoms with E-state index in [4.69, 9.17) is 4.74 Å². The molecule has 1 amide bonds. The van der Waals surface area contributed by atoms with Crippen molar-refractivity contribution in [1.82, 2.24) is 10.2 Å². The molecule has 1 heterocycles. The Hall–Kier alpha value is -2.96. The van der Waals surface area contributed by atoms with Crippen LogP contribution in [0.4, 0.5) is 10.6 Å². The molecule has 0 unspecified atom stereocenters. The second-order valence-electron chi connectivity index (χ2n) is 5.21. The molecule has 1 aliphatic rings. The summed E-state index contributed by atoms with van der Waals surface area (Å²) >= 11 is 0. The summed E-state index contributed by atoms with van der Waals surface area (Å²) in [6, 6.07) is 10.5. The molecule has 1 fully saturated rings. The molecule has 0 atom stereocenters. The number of aromatic nitrogens is 2. The summed E-state index contributed by atoms with van der Waals surface area (Å²) in [6.07, 6.45) is 2.25.